The van der Waals surface area contributed by atoms with Crippen LogP contribution >= 0.6 is 0 Å². The number of carbonyl (C=O) groups excluding carboxylic acids is 2. The van der Waals surface area contributed by atoms with Gasteiger partial charge in [0.1, 0.15) is 5.75 Å². The minimum Gasteiger partial charge on any atom is -0.484 e. The number of nitriles is 1. The highest BCUT2D eigenvalue weighted by Gasteiger charge is 2.19. The highest BCUT2D eigenvalue weighted by molar-refractivity contribution is 7.89. The Morgan fingerprint density at radius 1 is 0.943 bits per heavy atom. The number of aryl methyl sites for hydroxylation is 1. The van der Waals surface area contributed by atoms with E-state index in [-0.39, 0.29) is 17.1 Å². The van der Waals surface area contributed by atoms with Crippen LogP contribution in [0, 0.1) is 25.2 Å². The van der Waals surface area contributed by atoms with Crippen LogP contribution in [-0.4, -0.2) is 33.9 Å². The topological polar surface area (TPSA) is 137 Å². The molecule has 0 saturated carbocycles. The minimum atomic E-state index is -3.75. The second-order valence-corrected chi connectivity index (χ2v) is 9.48. The van der Waals surface area contributed by atoms with Crippen molar-refractivity contribution in [2.45, 2.75) is 18.7 Å². The molecule has 0 heterocycles. The zero-order chi connectivity index (χ0) is 25.6. The Balaban J connectivity index is 1.56. The van der Waals surface area contributed by atoms with Crippen molar-refractivity contribution >= 4 is 21.8 Å². The summed E-state index contributed by atoms with van der Waals surface area (Å²) in [6.45, 7) is 3.00. The number of nitrogens with one attached hydrogen (secondary N) is 3. The number of rotatable bonds is 7. The van der Waals surface area contributed by atoms with E-state index in [1.165, 1.54) is 19.2 Å². The van der Waals surface area contributed by atoms with Gasteiger partial charge in [-0.05, 0) is 79.5 Å². The maximum absolute atomic E-state index is 12.5. The van der Waals surface area contributed by atoms with E-state index in [1.807, 2.05) is 24.3 Å². The van der Waals surface area contributed by atoms with E-state index in [2.05, 4.69) is 21.6 Å². The molecule has 35 heavy (non-hydrogen) atoms. The molecule has 0 aromatic heterocycles. The largest absolute Gasteiger partial charge is 0.484 e. The molecule has 0 atom stereocenters. The predicted octanol–water partition coefficient (Wildman–Crippen LogP) is 2.59. The number of sulfonamides is 1. The lowest BCUT2D eigenvalue weighted by Crippen LogP contribution is -2.43. The molecule has 3 rings (SSSR count). The lowest BCUT2D eigenvalue weighted by atomic mass is 10.0. The van der Waals surface area contributed by atoms with Crippen LogP contribution in [0.5, 0.6) is 5.75 Å². The van der Waals surface area contributed by atoms with E-state index in [1.54, 1.807) is 38.1 Å². The molecule has 2 amide bonds. The van der Waals surface area contributed by atoms with Gasteiger partial charge in [0.05, 0.1) is 16.5 Å². The molecule has 0 aliphatic carbocycles. The molecule has 0 fully saturated rings. The Morgan fingerprint density at radius 3 is 2.11 bits per heavy atom. The van der Waals surface area contributed by atoms with Crippen molar-refractivity contribution < 1.29 is 22.7 Å². The molecule has 3 N–H and O–H groups in total. The Hall–Kier alpha value is -4.20. The fraction of sp³-hybridized carbons (Fsp3) is 0.160. The highest BCUT2D eigenvalue weighted by atomic mass is 32.2. The van der Waals surface area contributed by atoms with Crippen molar-refractivity contribution in [3.05, 3.63) is 82.9 Å². The van der Waals surface area contributed by atoms with Crippen molar-refractivity contribution in [1.29, 1.82) is 5.26 Å². The first-order chi connectivity index (χ1) is 16.6. The second kappa shape index (κ2) is 10.8. The third kappa shape index (κ3) is 6.23. The quantitative estimate of drug-likeness (QED) is 0.434. The standard InChI is InChI=1S/C25H24N4O5S/c1-16-12-21(13-23(17(16)2)35(32,33)27-3)25(31)29-28-24(30)15-34-22-10-8-20(9-11-22)19-6-4-18(14-26)5-7-19/h4-13,27H,15H2,1-3H3,(H,28,30)(H,29,31). The number of ether oxygens (including phenoxy) is 1. The van der Waals surface area contributed by atoms with Crippen LogP contribution in [0.15, 0.2) is 65.6 Å². The molecule has 0 spiro atoms. The first kappa shape index (κ1) is 25.4. The maximum Gasteiger partial charge on any atom is 0.276 e. The zero-order valence-corrected chi connectivity index (χ0v) is 20.2. The van der Waals surface area contributed by atoms with Crippen LogP contribution in [0.25, 0.3) is 11.1 Å². The van der Waals surface area contributed by atoms with Crippen molar-refractivity contribution in [2.75, 3.05) is 13.7 Å². The highest BCUT2D eigenvalue weighted by Crippen LogP contribution is 2.23. The Labute approximate surface area is 203 Å². The average Bonchev–Trinajstić information content (AvgIpc) is 2.87. The van der Waals surface area contributed by atoms with Crippen molar-refractivity contribution in [3.63, 3.8) is 0 Å². The van der Waals surface area contributed by atoms with Gasteiger partial charge in [0.25, 0.3) is 11.8 Å². The number of benzene rings is 3. The molecule has 180 valence electrons. The van der Waals surface area contributed by atoms with Crippen LogP contribution in [0.4, 0.5) is 0 Å². The fourth-order valence-electron chi connectivity index (χ4n) is 3.21. The summed E-state index contributed by atoms with van der Waals surface area (Å²) in [5.74, 6) is -0.804. The molecule has 3 aromatic carbocycles. The molecule has 9 nitrogen and oxygen atoms in total. The van der Waals surface area contributed by atoms with E-state index in [0.29, 0.717) is 22.4 Å². The summed E-state index contributed by atoms with van der Waals surface area (Å²) in [7, 11) is -2.46. The minimum absolute atomic E-state index is 0.00994. The molecule has 10 heteroatoms. The lowest BCUT2D eigenvalue weighted by Gasteiger charge is -2.13. The molecule has 0 radical (unpaired) electrons. The summed E-state index contributed by atoms with van der Waals surface area (Å²) in [6.07, 6.45) is 0. The zero-order valence-electron chi connectivity index (χ0n) is 19.4. The van der Waals surface area contributed by atoms with Crippen LogP contribution in [-0.2, 0) is 14.8 Å². The first-order valence-electron chi connectivity index (χ1n) is 10.5. The molecular formula is C25H24N4O5S. The fourth-order valence-corrected chi connectivity index (χ4v) is 4.28. The predicted molar refractivity (Wildman–Crippen MR) is 130 cm³/mol. The maximum atomic E-state index is 12.5. The van der Waals surface area contributed by atoms with Gasteiger partial charge in [-0.1, -0.05) is 24.3 Å². The van der Waals surface area contributed by atoms with Crippen LogP contribution in [0.2, 0.25) is 0 Å². The van der Waals surface area contributed by atoms with Crippen molar-refractivity contribution in [1.82, 2.24) is 15.6 Å². The second-order valence-electron chi connectivity index (χ2n) is 7.63. The van der Waals surface area contributed by atoms with E-state index in [4.69, 9.17) is 10.00 Å². The number of carbonyl (C=O) groups is 2. The van der Waals surface area contributed by atoms with Crippen LogP contribution < -0.4 is 20.3 Å². The average molecular weight is 493 g/mol. The van der Waals surface area contributed by atoms with Gasteiger partial charge in [-0.15, -0.1) is 0 Å². The summed E-state index contributed by atoms with van der Waals surface area (Å²) in [5.41, 5.74) is 8.18. The Bertz CT molecular complexity index is 1390. The Kier molecular flexibility index (Phi) is 7.86. The molecule has 0 bridgehead atoms. The smallest absolute Gasteiger partial charge is 0.276 e. The van der Waals surface area contributed by atoms with E-state index in [0.717, 1.165) is 11.1 Å². The molecular weight excluding hydrogens is 468 g/mol. The molecule has 3 aromatic rings. The van der Waals surface area contributed by atoms with E-state index < -0.39 is 21.8 Å². The van der Waals surface area contributed by atoms with Gasteiger partial charge in [-0.3, -0.25) is 20.4 Å². The lowest BCUT2D eigenvalue weighted by molar-refractivity contribution is -0.123. The third-order valence-corrected chi connectivity index (χ3v) is 6.87. The third-order valence-electron chi connectivity index (χ3n) is 5.33. The summed E-state index contributed by atoms with van der Waals surface area (Å²) < 4.78 is 32.1. The molecule has 0 aliphatic rings. The van der Waals surface area contributed by atoms with E-state index >= 15 is 0 Å². The first-order valence-corrected chi connectivity index (χ1v) is 12.0. The van der Waals surface area contributed by atoms with Gasteiger partial charge < -0.3 is 4.74 Å². The molecule has 0 aliphatic heterocycles. The number of nitrogens with zero attached hydrogens (tertiary/aromatic N) is 1. The van der Waals surface area contributed by atoms with Gasteiger partial charge in [0.15, 0.2) is 6.61 Å². The molecule has 0 unspecified atom stereocenters. The van der Waals surface area contributed by atoms with Gasteiger partial charge in [0, 0.05) is 5.56 Å². The van der Waals surface area contributed by atoms with Gasteiger partial charge >= 0.3 is 0 Å². The number of hydrogen-bond donors (Lipinski definition) is 3. The summed E-state index contributed by atoms with van der Waals surface area (Å²) in [4.78, 5) is 24.6. The van der Waals surface area contributed by atoms with Crippen molar-refractivity contribution in [3.8, 4) is 22.9 Å². The van der Waals surface area contributed by atoms with Gasteiger partial charge in [-0.2, -0.15) is 5.26 Å². The SMILES string of the molecule is CNS(=O)(=O)c1cc(C(=O)NNC(=O)COc2ccc(-c3ccc(C#N)cc3)cc2)cc(C)c1C. The summed E-state index contributed by atoms with van der Waals surface area (Å²) in [5, 5.41) is 8.89. The molecule has 0 saturated heterocycles. The summed E-state index contributed by atoms with van der Waals surface area (Å²) >= 11 is 0. The van der Waals surface area contributed by atoms with Gasteiger partial charge in [0.2, 0.25) is 10.0 Å². The van der Waals surface area contributed by atoms with Crippen molar-refractivity contribution in [2.24, 2.45) is 0 Å². The summed E-state index contributed by atoms with van der Waals surface area (Å²) in [6, 6.07) is 19.1. The van der Waals surface area contributed by atoms with E-state index in [9.17, 15) is 18.0 Å². The van der Waals surface area contributed by atoms with Gasteiger partial charge in [-0.25, -0.2) is 13.1 Å². The number of hydrazine groups is 1. The number of hydrogen-bond acceptors (Lipinski definition) is 6. The normalized spacial score (nSPS) is 10.8. The van der Waals surface area contributed by atoms with Crippen LogP contribution in [0.3, 0.4) is 0 Å². The Morgan fingerprint density at radius 2 is 1.54 bits per heavy atom. The monoisotopic (exact) mass is 492 g/mol. The van der Waals surface area contributed by atoms with Crippen LogP contribution in [0.1, 0.15) is 27.0 Å². The number of amides is 2.